The van der Waals surface area contributed by atoms with Gasteiger partial charge < -0.3 is 20.5 Å². The van der Waals surface area contributed by atoms with Crippen LogP contribution in [0.25, 0.3) is 10.9 Å². The van der Waals surface area contributed by atoms with Crippen LogP contribution in [0.15, 0.2) is 48.8 Å². The number of pyridine rings is 1. The molecule has 3 heterocycles. The highest BCUT2D eigenvalue weighted by Crippen LogP contribution is 2.20. The largest absolute Gasteiger partial charge is 0.360 e. The lowest BCUT2D eigenvalue weighted by Crippen LogP contribution is -2.37. The number of nitrogens with two attached hydrogens (primary N) is 1. The van der Waals surface area contributed by atoms with Crippen molar-refractivity contribution in [1.82, 2.24) is 19.8 Å². The second kappa shape index (κ2) is 7.82. The third-order valence-corrected chi connectivity index (χ3v) is 5.17. The molecule has 7 heteroatoms. The minimum atomic E-state index is -0.114. The highest BCUT2D eigenvalue weighted by molar-refractivity contribution is 6.06. The Bertz CT molecular complexity index is 1010. The fraction of sp³-hybridized carbons (Fsp3) is 0.286. The summed E-state index contributed by atoms with van der Waals surface area (Å²) in [7, 11) is 0. The first-order chi connectivity index (χ1) is 13.7. The van der Waals surface area contributed by atoms with Gasteiger partial charge in [0.15, 0.2) is 0 Å². The fourth-order valence-electron chi connectivity index (χ4n) is 3.62. The van der Waals surface area contributed by atoms with E-state index in [4.69, 9.17) is 5.73 Å². The van der Waals surface area contributed by atoms with Crippen molar-refractivity contribution < 1.29 is 9.59 Å². The van der Waals surface area contributed by atoms with Gasteiger partial charge in [0.1, 0.15) is 5.69 Å². The number of H-pyrrole nitrogens is 1. The Labute approximate surface area is 163 Å². The Kier molecular flexibility index (Phi) is 5.08. The maximum Gasteiger partial charge on any atom is 0.272 e. The molecule has 0 saturated carbocycles. The molecule has 3 aromatic rings. The molecule has 144 valence electrons. The maximum absolute atomic E-state index is 13.0. The van der Waals surface area contributed by atoms with Gasteiger partial charge in [-0.1, -0.05) is 18.2 Å². The number of nitrogens with one attached hydrogen (secondary N) is 1. The van der Waals surface area contributed by atoms with Crippen LogP contribution in [0.5, 0.6) is 0 Å². The Hall–Kier alpha value is -3.19. The molecule has 1 saturated heterocycles. The molecule has 4 rings (SSSR count). The van der Waals surface area contributed by atoms with Crippen molar-refractivity contribution in [2.75, 3.05) is 26.2 Å². The third-order valence-electron chi connectivity index (χ3n) is 5.17. The van der Waals surface area contributed by atoms with Crippen molar-refractivity contribution in [3.8, 4) is 0 Å². The van der Waals surface area contributed by atoms with E-state index in [1.807, 2.05) is 29.2 Å². The van der Waals surface area contributed by atoms with Crippen LogP contribution < -0.4 is 5.73 Å². The van der Waals surface area contributed by atoms with E-state index < -0.39 is 0 Å². The predicted octanol–water partition coefficient (Wildman–Crippen LogP) is 2.01. The normalized spacial score (nSPS) is 14.9. The van der Waals surface area contributed by atoms with Crippen LogP contribution >= 0.6 is 0 Å². The second-order valence-corrected chi connectivity index (χ2v) is 6.94. The molecule has 0 atom stereocenters. The van der Waals surface area contributed by atoms with Gasteiger partial charge in [0.05, 0.1) is 5.56 Å². The number of fused-ring (bicyclic) bond motifs is 1. The summed E-state index contributed by atoms with van der Waals surface area (Å²) in [6.07, 6.45) is 4.11. The van der Waals surface area contributed by atoms with Crippen molar-refractivity contribution >= 4 is 22.7 Å². The number of amides is 2. The Morgan fingerprint density at radius 1 is 1.04 bits per heavy atom. The first-order valence-electron chi connectivity index (χ1n) is 9.47. The number of benzene rings is 1. The summed E-state index contributed by atoms with van der Waals surface area (Å²) in [5, 5.41) is 0.924. The van der Waals surface area contributed by atoms with Crippen molar-refractivity contribution in [1.29, 1.82) is 0 Å². The zero-order chi connectivity index (χ0) is 19.5. The number of carbonyl (C=O) groups excluding carboxylic acids is 2. The molecule has 0 unspecified atom stereocenters. The number of aromatic nitrogens is 2. The number of hydrogen-bond donors (Lipinski definition) is 2. The van der Waals surface area contributed by atoms with Gasteiger partial charge in [0.2, 0.25) is 0 Å². The molecular weight excluding hydrogens is 354 g/mol. The first-order valence-corrected chi connectivity index (χ1v) is 9.47. The number of hydrogen-bond acceptors (Lipinski definition) is 4. The number of carbonyl (C=O) groups is 2. The van der Waals surface area contributed by atoms with Crippen LogP contribution in [0.4, 0.5) is 0 Å². The molecular formula is C21H23N5O2. The van der Waals surface area contributed by atoms with E-state index in [9.17, 15) is 9.59 Å². The second-order valence-electron chi connectivity index (χ2n) is 6.94. The topological polar surface area (TPSA) is 95.3 Å². The van der Waals surface area contributed by atoms with Gasteiger partial charge in [0, 0.05) is 56.0 Å². The number of rotatable bonds is 3. The number of aromatic amines is 1. The van der Waals surface area contributed by atoms with E-state index >= 15 is 0 Å². The Balaban J connectivity index is 1.47. The minimum absolute atomic E-state index is 0.00463. The maximum atomic E-state index is 13.0. The molecule has 0 spiro atoms. The number of nitrogens with zero attached hydrogens (tertiary/aromatic N) is 3. The molecule has 1 fully saturated rings. The van der Waals surface area contributed by atoms with Crippen molar-refractivity contribution in [3.05, 3.63) is 65.6 Å². The van der Waals surface area contributed by atoms with Crippen LogP contribution in [-0.2, 0) is 6.54 Å². The molecule has 2 amide bonds. The van der Waals surface area contributed by atoms with Gasteiger partial charge in [-0.15, -0.1) is 0 Å². The SMILES string of the molecule is NCc1ccnc(C(=O)N2CCCN(C(=O)c3c[nH]c4ccccc34)CC2)c1. The third kappa shape index (κ3) is 3.48. The van der Waals surface area contributed by atoms with Gasteiger partial charge in [0.25, 0.3) is 11.8 Å². The molecule has 0 aliphatic carbocycles. The zero-order valence-corrected chi connectivity index (χ0v) is 15.6. The predicted molar refractivity (Wildman–Crippen MR) is 107 cm³/mol. The zero-order valence-electron chi connectivity index (χ0n) is 15.6. The summed E-state index contributed by atoms with van der Waals surface area (Å²) in [6.45, 7) is 2.58. The van der Waals surface area contributed by atoms with Crippen LogP contribution in [0.3, 0.4) is 0 Å². The average molecular weight is 377 g/mol. The minimum Gasteiger partial charge on any atom is -0.360 e. The summed E-state index contributed by atoms with van der Waals surface area (Å²) in [6, 6.07) is 11.3. The van der Waals surface area contributed by atoms with Gasteiger partial charge in [-0.25, -0.2) is 0 Å². The molecule has 3 N–H and O–H groups in total. The average Bonchev–Trinajstić information content (AvgIpc) is 3.02. The molecule has 1 aliphatic heterocycles. The van der Waals surface area contributed by atoms with Crippen LogP contribution in [0.1, 0.15) is 32.8 Å². The quantitative estimate of drug-likeness (QED) is 0.730. The summed E-state index contributed by atoms with van der Waals surface area (Å²) < 4.78 is 0. The first kappa shape index (κ1) is 18.2. The molecule has 0 bridgehead atoms. The lowest BCUT2D eigenvalue weighted by Gasteiger charge is -2.22. The smallest absolute Gasteiger partial charge is 0.272 e. The van der Waals surface area contributed by atoms with E-state index in [1.165, 1.54) is 0 Å². The standard InChI is InChI=1S/C21H23N5O2/c22-13-15-6-7-23-19(12-15)21(28)26-9-3-8-25(10-11-26)20(27)17-14-24-18-5-2-1-4-16(17)18/h1-2,4-7,12,14,24H,3,8-11,13,22H2. The fourth-order valence-corrected chi connectivity index (χ4v) is 3.62. The number of para-hydroxylation sites is 1. The van der Waals surface area contributed by atoms with Gasteiger partial charge in [-0.2, -0.15) is 0 Å². The highest BCUT2D eigenvalue weighted by atomic mass is 16.2. The summed E-state index contributed by atoms with van der Waals surface area (Å²) in [4.78, 5) is 36.8. The van der Waals surface area contributed by atoms with E-state index in [-0.39, 0.29) is 11.8 Å². The summed E-state index contributed by atoms with van der Waals surface area (Å²) >= 11 is 0. The molecule has 7 nitrogen and oxygen atoms in total. The molecule has 1 aromatic carbocycles. The van der Waals surface area contributed by atoms with Crippen molar-refractivity contribution in [3.63, 3.8) is 0 Å². The molecule has 28 heavy (non-hydrogen) atoms. The highest BCUT2D eigenvalue weighted by Gasteiger charge is 2.25. The lowest BCUT2D eigenvalue weighted by atomic mass is 10.1. The monoisotopic (exact) mass is 377 g/mol. The summed E-state index contributed by atoms with van der Waals surface area (Å²) in [5.41, 5.74) is 8.56. The molecule has 2 aromatic heterocycles. The molecule has 0 radical (unpaired) electrons. The summed E-state index contributed by atoms with van der Waals surface area (Å²) in [5.74, 6) is -0.119. The Morgan fingerprint density at radius 2 is 1.79 bits per heavy atom. The van der Waals surface area contributed by atoms with Crippen LogP contribution in [-0.4, -0.2) is 57.8 Å². The van der Waals surface area contributed by atoms with Crippen LogP contribution in [0, 0.1) is 0 Å². The van der Waals surface area contributed by atoms with E-state index in [2.05, 4.69) is 9.97 Å². The van der Waals surface area contributed by atoms with E-state index in [0.717, 1.165) is 22.9 Å². The van der Waals surface area contributed by atoms with Crippen LogP contribution in [0.2, 0.25) is 0 Å². The Morgan fingerprint density at radius 3 is 2.57 bits per heavy atom. The van der Waals surface area contributed by atoms with Gasteiger partial charge in [-0.3, -0.25) is 14.6 Å². The molecule has 1 aliphatic rings. The van der Waals surface area contributed by atoms with E-state index in [0.29, 0.717) is 44.0 Å². The van der Waals surface area contributed by atoms with Crippen molar-refractivity contribution in [2.24, 2.45) is 5.73 Å². The van der Waals surface area contributed by atoms with Crippen molar-refractivity contribution in [2.45, 2.75) is 13.0 Å². The van der Waals surface area contributed by atoms with Gasteiger partial charge >= 0.3 is 0 Å². The van der Waals surface area contributed by atoms with Gasteiger partial charge in [-0.05, 0) is 30.2 Å². The van der Waals surface area contributed by atoms with E-state index in [1.54, 1.807) is 29.4 Å². The lowest BCUT2D eigenvalue weighted by molar-refractivity contribution is 0.0716.